The summed E-state index contributed by atoms with van der Waals surface area (Å²) in [7, 11) is 0. The molecule has 1 aromatic carbocycles. The quantitative estimate of drug-likeness (QED) is 0.767. The maximum Gasteiger partial charge on any atom is 0.325 e. The van der Waals surface area contributed by atoms with Crippen molar-refractivity contribution in [1.29, 1.82) is 0 Å². The predicted molar refractivity (Wildman–Crippen MR) is 101 cm³/mol. The molecule has 2 aliphatic rings. The average Bonchev–Trinajstić information content (AvgIpc) is 3.17. The van der Waals surface area contributed by atoms with E-state index < -0.39 is 5.54 Å². The monoisotopic (exact) mass is 410 g/mol. The van der Waals surface area contributed by atoms with Gasteiger partial charge in [0.15, 0.2) is 5.75 Å². The third kappa shape index (κ3) is 2.76. The Hall–Kier alpha value is -1.76. The highest BCUT2D eigenvalue weighted by molar-refractivity contribution is 7.10. The fraction of sp³-hybridized carbons (Fsp3) is 0.333. The molecule has 1 N–H and O–H groups in total. The van der Waals surface area contributed by atoms with E-state index in [4.69, 9.17) is 27.9 Å². The summed E-state index contributed by atoms with van der Waals surface area (Å²) >= 11 is 13.8. The van der Waals surface area contributed by atoms with Crippen molar-refractivity contribution in [3.05, 3.63) is 50.1 Å². The Morgan fingerprint density at radius 1 is 1.23 bits per heavy atom. The summed E-state index contributed by atoms with van der Waals surface area (Å²) in [6.07, 6.45) is 2.44. The second kappa shape index (κ2) is 6.76. The van der Waals surface area contributed by atoms with Crippen LogP contribution in [0.15, 0.2) is 29.6 Å². The summed E-state index contributed by atoms with van der Waals surface area (Å²) in [5.41, 5.74) is 0.0110. The minimum absolute atomic E-state index is 0.120. The molecule has 0 bridgehead atoms. The molecule has 2 heterocycles. The van der Waals surface area contributed by atoms with Gasteiger partial charge < -0.3 is 10.1 Å². The standard InChI is InChI=1S/C18H16Cl2N2O3S/c19-12-3-1-4-13(20)15(12)25-9-8-22-16(23)18(21-17(22)24)7-2-5-14-11(18)6-10-26-14/h1,3-4,6,10H,2,5,7-9H2,(H,21,24)/t18-/m1/s1. The van der Waals surface area contributed by atoms with Crippen LogP contribution in [-0.2, 0) is 16.8 Å². The molecule has 1 atom stereocenters. The molecule has 26 heavy (non-hydrogen) atoms. The third-order valence-electron chi connectivity index (χ3n) is 4.82. The lowest BCUT2D eigenvalue weighted by Gasteiger charge is -2.31. The summed E-state index contributed by atoms with van der Waals surface area (Å²) in [5.74, 6) is 0.145. The van der Waals surface area contributed by atoms with Crippen LogP contribution >= 0.6 is 34.5 Å². The maximum absolute atomic E-state index is 13.1. The fourth-order valence-corrected chi connectivity index (χ4v) is 5.11. The molecule has 1 spiro atoms. The molecule has 1 aromatic heterocycles. The Morgan fingerprint density at radius 2 is 2.00 bits per heavy atom. The molecule has 1 fully saturated rings. The Balaban J connectivity index is 1.49. The maximum atomic E-state index is 13.1. The number of nitrogens with one attached hydrogen (secondary N) is 1. The van der Waals surface area contributed by atoms with Gasteiger partial charge in [0.2, 0.25) is 0 Å². The molecule has 0 saturated carbocycles. The van der Waals surface area contributed by atoms with Crippen LogP contribution < -0.4 is 10.1 Å². The molecule has 0 radical (unpaired) electrons. The number of halogens is 2. The lowest BCUT2D eigenvalue weighted by atomic mass is 9.80. The Morgan fingerprint density at radius 3 is 2.77 bits per heavy atom. The Labute approximate surface area is 164 Å². The van der Waals surface area contributed by atoms with Crippen molar-refractivity contribution in [3.8, 4) is 5.75 Å². The van der Waals surface area contributed by atoms with E-state index in [0.717, 1.165) is 18.4 Å². The zero-order chi connectivity index (χ0) is 18.3. The van der Waals surface area contributed by atoms with Gasteiger partial charge in [-0.15, -0.1) is 11.3 Å². The summed E-state index contributed by atoms with van der Waals surface area (Å²) in [4.78, 5) is 27.9. The number of amides is 3. The minimum Gasteiger partial charge on any atom is -0.489 e. The molecular weight excluding hydrogens is 395 g/mol. The van der Waals surface area contributed by atoms with Crippen LogP contribution in [0.25, 0.3) is 0 Å². The van der Waals surface area contributed by atoms with Crippen molar-refractivity contribution < 1.29 is 14.3 Å². The molecule has 5 nitrogen and oxygen atoms in total. The lowest BCUT2D eigenvalue weighted by Crippen LogP contribution is -2.46. The van der Waals surface area contributed by atoms with E-state index in [1.54, 1.807) is 29.5 Å². The molecule has 1 saturated heterocycles. The largest absolute Gasteiger partial charge is 0.489 e. The van der Waals surface area contributed by atoms with Gasteiger partial charge in [-0.05, 0) is 42.8 Å². The number of imide groups is 1. The first-order valence-corrected chi connectivity index (χ1v) is 9.94. The summed E-state index contributed by atoms with van der Waals surface area (Å²) < 4.78 is 5.62. The van der Waals surface area contributed by atoms with Gasteiger partial charge in [0.1, 0.15) is 12.1 Å². The predicted octanol–water partition coefficient (Wildman–Crippen LogP) is 4.22. The number of nitrogens with zero attached hydrogens (tertiary/aromatic N) is 1. The van der Waals surface area contributed by atoms with Gasteiger partial charge in [0, 0.05) is 10.4 Å². The molecular formula is C18H16Cl2N2O3S. The zero-order valence-corrected chi connectivity index (χ0v) is 16.1. The third-order valence-corrected chi connectivity index (χ3v) is 6.39. The number of hydrogen-bond donors (Lipinski definition) is 1. The molecule has 3 amide bonds. The van der Waals surface area contributed by atoms with Crippen LogP contribution in [0.4, 0.5) is 4.79 Å². The summed E-state index contributed by atoms with van der Waals surface area (Å²) in [6, 6.07) is 6.63. The van der Waals surface area contributed by atoms with E-state index in [9.17, 15) is 9.59 Å². The molecule has 2 aromatic rings. The second-order valence-electron chi connectivity index (χ2n) is 6.30. The first kappa shape index (κ1) is 17.6. The number of carbonyl (C=O) groups excluding carboxylic acids is 2. The van der Waals surface area contributed by atoms with Gasteiger partial charge in [0.25, 0.3) is 5.91 Å². The Kier molecular flexibility index (Phi) is 4.59. The van der Waals surface area contributed by atoms with Gasteiger partial charge in [-0.3, -0.25) is 9.69 Å². The number of carbonyl (C=O) groups is 2. The van der Waals surface area contributed by atoms with Crippen LogP contribution in [0, 0.1) is 0 Å². The first-order valence-electron chi connectivity index (χ1n) is 8.31. The van der Waals surface area contributed by atoms with E-state index >= 15 is 0 Å². The van der Waals surface area contributed by atoms with Crippen molar-refractivity contribution in [2.24, 2.45) is 0 Å². The van der Waals surface area contributed by atoms with Crippen molar-refractivity contribution in [1.82, 2.24) is 10.2 Å². The molecule has 8 heteroatoms. The van der Waals surface area contributed by atoms with Gasteiger partial charge in [-0.2, -0.15) is 0 Å². The van der Waals surface area contributed by atoms with Gasteiger partial charge >= 0.3 is 6.03 Å². The van der Waals surface area contributed by atoms with Crippen LogP contribution in [0.2, 0.25) is 10.0 Å². The highest BCUT2D eigenvalue weighted by Crippen LogP contribution is 2.42. The number of fused-ring (bicyclic) bond motifs is 2. The number of hydrogen-bond acceptors (Lipinski definition) is 4. The summed E-state index contributed by atoms with van der Waals surface area (Å²) in [6.45, 7) is 0.253. The Bertz CT molecular complexity index is 865. The SMILES string of the molecule is O=C1N[C@@]2(CCCc3sccc32)C(=O)N1CCOc1c(Cl)cccc1Cl. The van der Waals surface area contributed by atoms with Crippen molar-refractivity contribution in [3.63, 3.8) is 0 Å². The van der Waals surface area contributed by atoms with Crippen LogP contribution in [0.5, 0.6) is 5.75 Å². The second-order valence-corrected chi connectivity index (χ2v) is 8.12. The number of aryl methyl sites for hydroxylation is 1. The number of ether oxygens (including phenoxy) is 1. The van der Waals surface area contributed by atoms with E-state index in [2.05, 4.69) is 5.32 Å². The van der Waals surface area contributed by atoms with E-state index in [1.165, 1.54) is 9.78 Å². The van der Waals surface area contributed by atoms with E-state index in [-0.39, 0.29) is 25.1 Å². The van der Waals surface area contributed by atoms with Crippen molar-refractivity contribution in [2.75, 3.05) is 13.2 Å². The highest BCUT2D eigenvalue weighted by Gasteiger charge is 2.54. The number of benzene rings is 1. The fourth-order valence-electron chi connectivity index (χ4n) is 3.60. The smallest absolute Gasteiger partial charge is 0.325 e. The van der Waals surface area contributed by atoms with Gasteiger partial charge in [-0.25, -0.2) is 4.79 Å². The number of thiophene rings is 1. The molecule has 136 valence electrons. The van der Waals surface area contributed by atoms with E-state index in [1.807, 2.05) is 11.4 Å². The van der Waals surface area contributed by atoms with Crippen molar-refractivity contribution >= 4 is 46.5 Å². The number of rotatable bonds is 4. The topological polar surface area (TPSA) is 58.6 Å². The number of para-hydroxylation sites is 1. The summed E-state index contributed by atoms with van der Waals surface area (Å²) in [5, 5.41) is 5.67. The zero-order valence-electron chi connectivity index (χ0n) is 13.8. The lowest BCUT2D eigenvalue weighted by molar-refractivity contribution is -0.132. The average molecular weight is 411 g/mol. The first-order chi connectivity index (χ1) is 12.5. The van der Waals surface area contributed by atoms with Crippen LogP contribution in [0.3, 0.4) is 0 Å². The highest BCUT2D eigenvalue weighted by atomic mass is 35.5. The van der Waals surface area contributed by atoms with Crippen LogP contribution in [0.1, 0.15) is 23.3 Å². The van der Waals surface area contributed by atoms with Gasteiger partial charge in [0.05, 0.1) is 16.6 Å². The number of urea groups is 1. The molecule has 0 unspecified atom stereocenters. The van der Waals surface area contributed by atoms with Crippen molar-refractivity contribution in [2.45, 2.75) is 24.8 Å². The molecule has 1 aliphatic carbocycles. The minimum atomic E-state index is -0.924. The normalized spacial score (nSPS) is 21.8. The van der Waals surface area contributed by atoms with Crippen LogP contribution in [-0.4, -0.2) is 30.0 Å². The molecule has 1 aliphatic heterocycles. The van der Waals surface area contributed by atoms with Gasteiger partial charge in [-0.1, -0.05) is 29.3 Å². The molecule has 4 rings (SSSR count). The van der Waals surface area contributed by atoms with E-state index in [0.29, 0.717) is 22.2 Å².